The van der Waals surface area contributed by atoms with E-state index in [2.05, 4.69) is 15.0 Å². The highest BCUT2D eigenvalue weighted by Crippen LogP contribution is 2.48. The minimum Gasteiger partial charge on any atom is -0.350 e. The summed E-state index contributed by atoms with van der Waals surface area (Å²) in [7, 11) is 0. The minimum atomic E-state index is -0.860. The van der Waals surface area contributed by atoms with E-state index in [0.29, 0.717) is 17.7 Å². The van der Waals surface area contributed by atoms with Gasteiger partial charge in [0, 0.05) is 18.7 Å². The highest BCUT2D eigenvalue weighted by atomic mass is 35.5. The first kappa shape index (κ1) is 13.4. The smallest absolute Gasteiger partial charge is 0.225 e. The summed E-state index contributed by atoms with van der Waals surface area (Å²) in [6, 6.07) is -0.202. The molecule has 1 aliphatic carbocycles. The Morgan fingerprint density at radius 1 is 1.29 bits per heavy atom. The average Bonchev–Trinajstić information content (AvgIpc) is 3.14. The fourth-order valence-corrected chi connectivity index (χ4v) is 3.46. The van der Waals surface area contributed by atoms with Gasteiger partial charge in [0.15, 0.2) is 11.0 Å². The number of hydrogen-bond donors (Lipinski definition) is 0. The summed E-state index contributed by atoms with van der Waals surface area (Å²) >= 11 is 11.6. The Morgan fingerprint density at radius 2 is 2.10 bits per heavy atom. The molecular weight excluding hydrogens is 321 g/mol. The number of aromatic nitrogens is 3. The molecule has 4 nitrogen and oxygen atoms in total. The number of nitrogens with zero attached hydrogens (tertiary/aromatic N) is 4. The molecule has 0 N–H and O–H groups in total. The van der Waals surface area contributed by atoms with Gasteiger partial charge in [-0.1, -0.05) is 11.6 Å². The van der Waals surface area contributed by atoms with Crippen molar-refractivity contribution >= 4 is 39.9 Å². The van der Waals surface area contributed by atoms with Gasteiger partial charge in [-0.05, 0) is 24.4 Å². The molecule has 3 atom stereocenters. The molecule has 0 bridgehead atoms. The monoisotopic (exact) mass is 330 g/mol. The van der Waals surface area contributed by atoms with Gasteiger partial charge >= 0.3 is 0 Å². The maximum Gasteiger partial charge on any atom is 0.225 e. The number of fused-ring (bicyclic) bond motifs is 2. The molecule has 0 aromatic carbocycles. The Balaban J connectivity index is 1.90. The molecule has 2 fully saturated rings. The number of pyridine rings is 1. The first-order valence-corrected chi connectivity index (χ1v) is 7.41. The van der Waals surface area contributed by atoms with E-state index in [1.807, 2.05) is 4.90 Å². The number of rotatable bonds is 1. The van der Waals surface area contributed by atoms with Crippen molar-refractivity contribution in [3.63, 3.8) is 0 Å². The van der Waals surface area contributed by atoms with Gasteiger partial charge in [0.2, 0.25) is 5.28 Å². The van der Waals surface area contributed by atoms with Crippen LogP contribution in [0.3, 0.4) is 0 Å². The molecule has 1 aliphatic heterocycles. The van der Waals surface area contributed by atoms with Crippen molar-refractivity contribution < 1.29 is 8.78 Å². The predicted octanol–water partition coefficient (Wildman–Crippen LogP) is 3.41. The number of piperidine rings is 1. The van der Waals surface area contributed by atoms with Gasteiger partial charge in [-0.2, -0.15) is 4.98 Å². The molecule has 0 unspecified atom stereocenters. The summed E-state index contributed by atoms with van der Waals surface area (Å²) in [6.07, 6.45) is 2.29. The van der Waals surface area contributed by atoms with E-state index in [1.165, 1.54) is 6.20 Å². The molecule has 2 aliphatic rings. The van der Waals surface area contributed by atoms with Crippen LogP contribution in [-0.4, -0.2) is 33.7 Å². The Hall–Kier alpha value is -1.27. The van der Waals surface area contributed by atoms with E-state index < -0.39 is 12.0 Å². The lowest BCUT2D eigenvalue weighted by atomic mass is 10.1. The van der Waals surface area contributed by atoms with Gasteiger partial charge in [0.25, 0.3) is 0 Å². The van der Waals surface area contributed by atoms with Gasteiger partial charge < -0.3 is 4.90 Å². The molecule has 2 aromatic heterocycles. The molecule has 1 saturated carbocycles. The van der Waals surface area contributed by atoms with E-state index in [-0.39, 0.29) is 27.9 Å². The number of hydrogen-bond acceptors (Lipinski definition) is 4. The van der Waals surface area contributed by atoms with Crippen molar-refractivity contribution in [2.24, 2.45) is 5.92 Å². The SMILES string of the molecule is Fc1c(Cl)ncc2c(N3CCC[C@@H]4[C@H](F)[C@@H]43)nc(Cl)nc12. The molecule has 0 amide bonds. The van der Waals surface area contributed by atoms with E-state index in [9.17, 15) is 8.78 Å². The lowest BCUT2D eigenvalue weighted by molar-refractivity contribution is 0.438. The second kappa shape index (κ2) is 4.61. The van der Waals surface area contributed by atoms with Crippen LogP contribution < -0.4 is 4.90 Å². The first-order chi connectivity index (χ1) is 10.1. The number of alkyl halides is 1. The Morgan fingerprint density at radius 3 is 2.90 bits per heavy atom. The average molecular weight is 331 g/mol. The van der Waals surface area contributed by atoms with Gasteiger partial charge in [-0.25, -0.2) is 18.7 Å². The largest absolute Gasteiger partial charge is 0.350 e. The Kier molecular flexibility index (Phi) is 2.94. The second-order valence-corrected chi connectivity index (χ2v) is 6.07. The summed E-state index contributed by atoms with van der Waals surface area (Å²) in [4.78, 5) is 13.7. The summed E-state index contributed by atoms with van der Waals surface area (Å²) in [5.74, 6) is -0.267. The number of halogens is 4. The molecule has 4 rings (SSSR count). The summed E-state index contributed by atoms with van der Waals surface area (Å²) in [6.45, 7) is 0.661. The van der Waals surface area contributed by atoms with Gasteiger partial charge in [0.05, 0.1) is 11.4 Å². The molecule has 0 spiro atoms. The van der Waals surface area contributed by atoms with Crippen LogP contribution in [0.4, 0.5) is 14.6 Å². The second-order valence-electron chi connectivity index (χ2n) is 5.38. The van der Waals surface area contributed by atoms with Crippen LogP contribution in [0.1, 0.15) is 12.8 Å². The molecule has 0 radical (unpaired) electrons. The quantitative estimate of drug-likeness (QED) is 0.593. The van der Waals surface area contributed by atoms with Crippen LogP contribution in [0.15, 0.2) is 6.20 Å². The maximum absolute atomic E-state index is 14.1. The fraction of sp³-hybridized carbons (Fsp3) is 0.462. The van der Waals surface area contributed by atoms with Crippen molar-refractivity contribution in [2.45, 2.75) is 25.1 Å². The van der Waals surface area contributed by atoms with Crippen LogP contribution in [0.2, 0.25) is 10.4 Å². The van der Waals surface area contributed by atoms with Crippen molar-refractivity contribution in [1.82, 2.24) is 15.0 Å². The maximum atomic E-state index is 14.1. The third-order valence-corrected chi connectivity index (χ3v) is 4.63. The van der Waals surface area contributed by atoms with Gasteiger partial charge in [0.1, 0.15) is 17.5 Å². The Bertz CT molecular complexity index is 742. The van der Waals surface area contributed by atoms with Crippen molar-refractivity contribution in [2.75, 3.05) is 11.4 Å². The zero-order valence-corrected chi connectivity index (χ0v) is 12.2. The standard InChI is InChI=1S/C13H10Cl2F2N4/c14-11-8(17)9-6(4-18-11)12(20-13(15)19-9)21-3-1-2-5-7(16)10(5)21/h4-5,7,10H,1-3H2/t5-,7+,10-/m1/s1. The van der Waals surface area contributed by atoms with E-state index >= 15 is 0 Å². The molecule has 3 heterocycles. The zero-order valence-electron chi connectivity index (χ0n) is 10.7. The van der Waals surface area contributed by atoms with Gasteiger partial charge in [-0.3, -0.25) is 0 Å². The number of anilines is 1. The summed E-state index contributed by atoms with van der Waals surface area (Å²) < 4.78 is 27.9. The van der Waals surface area contributed by atoms with E-state index in [0.717, 1.165) is 12.8 Å². The summed E-state index contributed by atoms with van der Waals surface area (Å²) in [5.41, 5.74) is 0.0168. The lowest BCUT2D eigenvalue weighted by Gasteiger charge is -2.28. The molecular formula is C13H10Cl2F2N4. The third kappa shape index (κ3) is 1.96. The van der Waals surface area contributed by atoms with E-state index in [1.54, 1.807) is 0 Å². The highest BCUT2D eigenvalue weighted by molar-refractivity contribution is 6.30. The van der Waals surface area contributed by atoms with Crippen LogP contribution in [0.25, 0.3) is 10.9 Å². The van der Waals surface area contributed by atoms with Crippen LogP contribution >= 0.6 is 23.2 Å². The summed E-state index contributed by atoms with van der Waals surface area (Å²) in [5, 5.41) is 0.0485. The third-order valence-electron chi connectivity index (χ3n) is 4.20. The van der Waals surface area contributed by atoms with Crippen LogP contribution in [0, 0.1) is 11.7 Å². The highest BCUT2D eigenvalue weighted by Gasteiger charge is 2.56. The van der Waals surface area contributed by atoms with Gasteiger partial charge in [-0.15, -0.1) is 0 Å². The van der Waals surface area contributed by atoms with Crippen molar-refractivity contribution in [3.05, 3.63) is 22.5 Å². The fourth-order valence-electron chi connectivity index (χ4n) is 3.15. The molecule has 21 heavy (non-hydrogen) atoms. The van der Waals surface area contributed by atoms with Crippen LogP contribution in [-0.2, 0) is 0 Å². The van der Waals surface area contributed by atoms with E-state index in [4.69, 9.17) is 23.2 Å². The minimum absolute atomic E-state index is 0.0168. The lowest BCUT2D eigenvalue weighted by Crippen LogP contribution is -2.33. The van der Waals surface area contributed by atoms with Crippen LogP contribution in [0.5, 0.6) is 0 Å². The van der Waals surface area contributed by atoms with Crippen molar-refractivity contribution in [3.8, 4) is 0 Å². The Labute approximate surface area is 129 Å². The molecule has 110 valence electrons. The first-order valence-electron chi connectivity index (χ1n) is 6.66. The normalized spacial score (nSPS) is 27.8. The molecule has 1 saturated heterocycles. The van der Waals surface area contributed by atoms with Crippen molar-refractivity contribution in [1.29, 1.82) is 0 Å². The zero-order chi connectivity index (χ0) is 14.7. The predicted molar refractivity (Wildman–Crippen MR) is 76.1 cm³/mol. The molecule has 2 aromatic rings. The topological polar surface area (TPSA) is 41.9 Å². The molecule has 8 heteroatoms.